The van der Waals surface area contributed by atoms with Crippen LogP contribution >= 0.6 is 0 Å². The molecular formula is C25H25N3O4. The molecule has 164 valence electrons. The summed E-state index contributed by atoms with van der Waals surface area (Å²) in [5.74, 6) is -0.715. The molecule has 0 spiro atoms. The Kier molecular flexibility index (Phi) is 5.90. The van der Waals surface area contributed by atoms with Gasteiger partial charge < -0.3 is 14.5 Å². The lowest BCUT2D eigenvalue weighted by atomic mass is 9.88. The molecule has 7 nitrogen and oxygen atoms in total. The van der Waals surface area contributed by atoms with Gasteiger partial charge in [-0.15, -0.1) is 0 Å². The van der Waals surface area contributed by atoms with E-state index in [0.717, 1.165) is 16.3 Å². The molecule has 1 aromatic heterocycles. The van der Waals surface area contributed by atoms with E-state index in [2.05, 4.69) is 10.1 Å². The third-order valence-corrected chi connectivity index (χ3v) is 5.95. The highest BCUT2D eigenvalue weighted by atomic mass is 16.7. The summed E-state index contributed by atoms with van der Waals surface area (Å²) >= 11 is 0. The Bertz CT molecular complexity index is 1170. The zero-order chi connectivity index (χ0) is 22.7. The summed E-state index contributed by atoms with van der Waals surface area (Å²) < 4.78 is 5.04. The molecule has 0 N–H and O–H groups in total. The van der Waals surface area contributed by atoms with Crippen molar-refractivity contribution >= 4 is 28.4 Å². The van der Waals surface area contributed by atoms with Gasteiger partial charge in [-0.3, -0.25) is 9.78 Å². The summed E-state index contributed by atoms with van der Waals surface area (Å²) in [7, 11) is 3.04. The first-order chi connectivity index (χ1) is 15.4. The SMILES string of the molecule is COC(=O)C1(Cc2ccccc2)CC([C@H](C)N(C)C(=O)c2nccc3ccccc23)=NO1. The highest BCUT2D eigenvalue weighted by Gasteiger charge is 2.49. The molecule has 1 aliphatic rings. The van der Waals surface area contributed by atoms with Crippen LogP contribution in [0.5, 0.6) is 0 Å². The number of carbonyl (C=O) groups is 2. The number of fused-ring (bicyclic) bond motifs is 1. The van der Waals surface area contributed by atoms with Crippen molar-refractivity contribution in [3.63, 3.8) is 0 Å². The van der Waals surface area contributed by atoms with Crippen molar-refractivity contribution in [3.8, 4) is 0 Å². The molecule has 0 fully saturated rings. The molecule has 0 radical (unpaired) electrons. The molecule has 1 amide bonds. The maximum Gasteiger partial charge on any atom is 0.353 e. The summed E-state index contributed by atoms with van der Waals surface area (Å²) in [5, 5.41) is 5.95. The van der Waals surface area contributed by atoms with E-state index in [-0.39, 0.29) is 12.3 Å². The minimum atomic E-state index is -1.25. The number of pyridine rings is 1. The fourth-order valence-electron chi connectivity index (χ4n) is 3.97. The lowest BCUT2D eigenvalue weighted by Crippen LogP contribution is -2.45. The topological polar surface area (TPSA) is 81.1 Å². The van der Waals surface area contributed by atoms with E-state index in [1.54, 1.807) is 18.1 Å². The summed E-state index contributed by atoms with van der Waals surface area (Å²) in [6.45, 7) is 1.86. The molecule has 4 rings (SSSR count). The average molecular weight is 431 g/mol. The Labute approximate surface area is 186 Å². The second kappa shape index (κ2) is 8.78. The van der Waals surface area contributed by atoms with E-state index < -0.39 is 17.6 Å². The maximum absolute atomic E-state index is 13.3. The van der Waals surface area contributed by atoms with Crippen LogP contribution in [0.25, 0.3) is 10.8 Å². The van der Waals surface area contributed by atoms with Crippen molar-refractivity contribution in [2.75, 3.05) is 14.2 Å². The van der Waals surface area contributed by atoms with Gasteiger partial charge in [0.2, 0.25) is 5.60 Å². The van der Waals surface area contributed by atoms with Crippen LogP contribution in [-0.4, -0.2) is 53.3 Å². The van der Waals surface area contributed by atoms with Crippen LogP contribution in [0.3, 0.4) is 0 Å². The predicted octanol–water partition coefficient (Wildman–Crippen LogP) is 3.63. The third kappa shape index (κ3) is 3.93. The monoisotopic (exact) mass is 431 g/mol. The lowest BCUT2D eigenvalue weighted by molar-refractivity contribution is -0.166. The Morgan fingerprint density at radius 3 is 2.59 bits per heavy atom. The van der Waals surface area contributed by atoms with Crippen molar-refractivity contribution in [3.05, 3.63) is 78.1 Å². The minimum absolute atomic E-state index is 0.226. The summed E-state index contributed by atoms with van der Waals surface area (Å²) in [5.41, 5.74) is 0.663. The molecule has 2 atom stereocenters. The van der Waals surface area contributed by atoms with Crippen molar-refractivity contribution in [2.45, 2.75) is 31.4 Å². The van der Waals surface area contributed by atoms with Crippen molar-refractivity contribution in [1.29, 1.82) is 0 Å². The number of amides is 1. The molecular weight excluding hydrogens is 406 g/mol. The van der Waals surface area contributed by atoms with Crippen molar-refractivity contribution in [2.24, 2.45) is 5.16 Å². The zero-order valence-electron chi connectivity index (χ0n) is 18.3. The second-order valence-corrected chi connectivity index (χ2v) is 7.97. The first kappa shape index (κ1) is 21.5. The van der Waals surface area contributed by atoms with E-state index in [0.29, 0.717) is 17.8 Å². The number of carbonyl (C=O) groups excluding carboxylic acids is 2. The quantitative estimate of drug-likeness (QED) is 0.557. The van der Waals surface area contributed by atoms with Crippen LogP contribution < -0.4 is 0 Å². The average Bonchev–Trinajstić information content (AvgIpc) is 3.27. The van der Waals surface area contributed by atoms with Crippen LogP contribution in [0.4, 0.5) is 0 Å². The maximum atomic E-state index is 13.3. The number of esters is 1. The standard InChI is InChI=1S/C25H25N3O4/c1-17(28(2)23(29)22-20-12-8-7-11-19(20)13-14-26-22)21-16-25(32-27-21,24(30)31-3)15-18-9-5-4-6-10-18/h4-14,17H,15-16H2,1-3H3/t17-,25?/m0/s1. The summed E-state index contributed by atoms with van der Waals surface area (Å²) in [6, 6.07) is 18.7. The summed E-state index contributed by atoms with van der Waals surface area (Å²) in [6.07, 6.45) is 2.19. The van der Waals surface area contributed by atoms with Crippen LogP contribution in [0.15, 0.2) is 72.0 Å². The number of methoxy groups -OCH3 is 1. The van der Waals surface area contributed by atoms with Crippen LogP contribution in [-0.2, 0) is 20.8 Å². The van der Waals surface area contributed by atoms with E-state index in [4.69, 9.17) is 9.57 Å². The van der Waals surface area contributed by atoms with Gasteiger partial charge in [0.05, 0.1) is 18.9 Å². The van der Waals surface area contributed by atoms with Gasteiger partial charge in [0.15, 0.2) is 0 Å². The van der Waals surface area contributed by atoms with Crippen molar-refractivity contribution < 1.29 is 19.2 Å². The zero-order valence-corrected chi connectivity index (χ0v) is 18.3. The molecule has 7 heteroatoms. The first-order valence-corrected chi connectivity index (χ1v) is 10.4. The molecule has 0 aliphatic carbocycles. The van der Waals surface area contributed by atoms with Crippen LogP contribution in [0.2, 0.25) is 0 Å². The smallest absolute Gasteiger partial charge is 0.353 e. The van der Waals surface area contributed by atoms with E-state index in [9.17, 15) is 9.59 Å². The number of aromatic nitrogens is 1. The Balaban J connectivity index is 1.55. The second-order valence-electron chi connectivity index (χ2n) is 7.97. The number of oxime groups is 1. The molecule has 1 aliphatic heterocycles. The van der Waals surface area contributed by atoms with Crippen molar-refractivity contribution in [1.82, 2.24) is 9.88 Å². The number of benzene rings is 2. The van der Waals surface area contributed by atoms with Gasteiger partial charge in [-0.2, -0.15) is 0 Å². The van der Waals surface area contributed by atoms with Crippen LogP contribution in [0, 0.1) is 0 Å². The lowest BCUT2D eigenvalue weighted by Gasteiger charge is -2.26. The van der Waals surface area contributed by atoms with Gasteiger partial charge in [0.25, 0.3) is 5.91 Å². The molecule has 1 unspecified atom stereocenters. The molecule has 32 heavy (non-hydrogen) atoms. The number of hydrogen-bond donors (Lipinski definition) is 0. The Morgan fingerprint density at radius 1 is 1.12 bits per heavy atom. The van der Waals surface area contributed by atoms with Gasteiger partial charge >= 0.3 is 5.97 Å². The Morgan fingerprint density at radius 2 is 1.84 bits per heavy atom. The number of rotatable bonds is 6. The first-order valence-electron chi connectivity index (χ1n) is 10.4. The van der Waals surface area contributed by atoms with E-state index in [1.807, 2.05) is 67.6 Å². The number of nitrogens with zero attached hydrogens (tertiary/aromatic N) is 3. The highest BCUT2D eigenvalue weighted by Crippen LogP contribution is 2.32. The highest BCUT2D eigenvalue weighted by molar-refractivity contribution is 6.07. The normalized spacial score (nSPS) is 18.5. The Hall–Kier alpha value is -3.74. The van der Waals surface area contributed by atoms with Gasteiger partial charge in [0, 0.05) is 31.5 Å². The molecule has 3 aromatic rings. The van der Waals surface area contributed by atoms with Gasteiger partial charge in [0.1, 0.15) is 5.69 Å². The molecule has 0 bridgehead atoms. The number of hydrogen-bond acceptors (Lipinski definition) is 6. The molecule has 2 aromatic carbocycles. The fourth-order valence-corrected chi connectivity index (χ4v) is 3.97. The van der Waals surface area contributed by atoms with Gasteiger partial charge in [-0.05, 0) is 23.9 Å². The third-order valence-electron chi connectivity index (χ3n) is 5.95. The van der Waals surface area contributed by atoms with E-state index in [1.165, 1.54) is 7.11 Å². The number of ether oxygens (including phenoxy) is 1. The van der Waals surface area contributed by atoms with Crippen LogP contribution in [0.1, 0.15) is 29.4 Å². The minimum Gasteiger partial charge on any atom is -0.466 e. The fraction of sp³-hybridized carbons (Fsp3) is 0.280. The van der Waals surface area contributed by atoms with Gasteiger partial charge in [-0.1, -0.05) is 59.8 Å². The van der Waals surface area contributed by atoms with Gasteiger partial charge in [-0.25, -0.2) is 4.79 Å². The summed E-state index contributed by atoms with van der Waals surface area (Å²) in [4.78, 5) is 37.5. The van der Waals surface area contributed by atoms with E-state index >= 15 is 0 Å². The predicted molar refractivity (Wildman–Crippen MR) is 121 cm³/mol. The molecule has 2 heterocycles. The largest absolute Gasteiger partial charge is 0.466 e. The molecule has 0 saturated carbocycles. The molecule has 0 saturated heterocycles.